The predicted molar refractivity (Wildman–Crippen MR) is 110 cm³/mol. The number of carbonyl (C=O) groups excluding carboxylic acids is 1. The van der Waals surface area contributed by atoms with Gasteiger partial charge in [-0.1, -0.05) is 43.5 Å². The van der Waals surface area contributed by atoms with E-state index in [2.05, 4.69) is 34.1 Å². The first-order chi connectivity index (χ1) is 14.2. The van der Waals surface area contributed by atoms with Gasteiger partial charge >= 0.3 is 0 Å². The minimum atomic E-state index is -0.429. The maximum absolute atomic E-state index is 13.6. The van der Waals surface area contributed by atoms with Crippen LogP contribution in [0.3, 0.4) is 0 Å². The molecule has 152 valence electrons. The Labute approximate surface area is 171 Å². The van der Waals surface area contributed by atoms with E-state index in [0.717, 1.165) is 44.7 Å². The molecule has 29 heavy (non-hydrogen) atoms. The first-order valence-corrected chi connectivity index (χ1v) is 10.9. The second-order valence-corrected chi connectivity index (χ2v) is 8.85. The zero-order chi connectivity index (χ0) is 19.8. The molecule has 1 unspecified atom stereocenters. The fourth-order valence-corrected chi connectivity index (χ4v) is 5.13. The van der Waals surface area contributed by atoms with Gasteiger partial charge in [-0.05, 0) is 35.4 Å². The van der Waals surface area contributed by atoms with Crippen LogP contribution in [0.1, 0.15) is 46.4 Å². The number of halogens is 1. The van der Waals surface area contributed by atoms with Crippen LogP contribution in [0.4, 0.5) is 4.39 Å². The minimum Gasteiger partial charge on any atom is -0.338 e. The average molecular weight is 394 g/mol. The predicted octanol–water partition coefficient (Wildman–Crippen LogP) is 3.69. The van der Waals surface area contributed by atoms with Gasteiger partial charge in [-0.3, -0.25) is 14.7 Å². The summed E-state index contributed by atoms with van der Waals surface area (Å²) in [6, 6.07) is 10.1. The minimum absolute atomic E-state index is 0.0495. The van der Waals surface area contributed by atoms with E-state index in [1.54, 1.807) is 0 Å². The Morgan fingerprint density at radius 1 is 1.10 bits per heavy atom. The third kappa shape index (κ3) is 3.80. The number of nitrogens with zero attached hydrogens (tertiary/aromatic N) is 3. The standard InChI is InChI=1S/C24H28FN3O/c25-21-12-22-23(26-13-21)9-11-28(24(22)29)16-20(17-6-3-7-17)15-27-10-8-18-4-1-2-5-19(18)14-27/h1-2,4-5,12-13,17,20H,3,6-11,14-16H2. The summed E-state index contributed by atoms with van der Waals surface area (Å²) in [7, 11) is 0. The summed E-state index contributed by atoms with van der Waals surface area (Å²) in [5.74, 6) is 0.709. The van der Waals surface area contributed by atoms with Crippen LogP contribution in [0.5, 0.6) is 0 Å². The molecule has 0 radical (unpaired) electrons. The lowest BCUT2D eigenvalue weighted by atomic mass is 9.75. The molecular weight excluding hydrogens is 365 g/mol. The number of hydrogen-bond acceptors (Lipinski definition) is 3. The van der Waals surface area contributed by atoms with Crippen LogP contribution in [-0.2, 0) is 19.4 Å². The van der Waals surface area contributed by atoms with Gasteiger partial charge in [0.25, 0.3) is 5.91 Å². The van der Waals surface area contributed by atoms with E-state index in [-0.39, 0.29) is 5.91 Å². The first kappa shape index (κ1) is 18.7. The van der Waals surface area contributed by atoms with Crippen LogP contribution < -0.4 is 0 Å². The third-order valence-electron chi connectivity index (χ3n) is 7.05. The zero-order valence-electron chi connectivity index (χ0n) is 16.8. The highest BCUT2D eigenvalue weighted by Crippen LogP contribution is 2.36. The SMILES string of the molecule is O=C1c2cc(F)cnc2CCN1CC(CN1CCc2ccccc2C1)C1CCC1. The molecule has 1 aromatic heterocycles. The van der Waals surface area contributed by atoms with Crippen molar-refractivity contribution in [3.05, 3.63) is 64.7 Å². The van der Waals surface area contributed by atoms with Crippen molar-refractivity contribution in [3.8, 4) is 0 Å². The number of benzene rings is 1. The molecule has 0 N–H and O–H groups in total. The number of amides is 1. The lowest BCUT2D eigenvalue weighted by Crippen LogP contribution is -2.47. The van der Waals surface area contributed by atoms with Crippen LogP contribution in [0.2, 0.25) is 0 Å². The smallest absolute Gasteiger partial charge is 0.255 e. The van der Waals surface area contributed by atoms with E-state index in [1.807, 2.05) is 4.90 Å². The fourth-order valence-electron chi connectivity index (χ4n) is 5.13. The van der Waals surface area contributed by atoms with Gasteiger partial charge in [-0.2, -0.15) is 0 Å². The summed E-state index contributed by atoms with van der Waals surface area (Å²) in [5, 5.41) is 0. The molecule has 5 heteroatoms. The summed E-state index contributed by atoms with van der Waals surface area (Å²) in [4.78, 5) is 21.6. The zero-order valence-corrected chi connectivity index (χ0v) is 16.8. The van der Waals surface area contributed by atoms with Gasteiger partial charge in [0.2, 0.25) is 0 Å². The van der Waals surface area contributed by atoms with Gasteiger partial charge in [0.05, 0.1) is 17.5 Å². The number of carbonyl (C=O) groups is 1. The van der Waals surface area contributed by atoms with Crippen LogP contribution in [0.15, 0.2) is 36.5 Å². The number of rotatable bonds is 5. The molecule has 0 spiro atoms. The van der Waals surface area contributed by atoms with Crippen LogP contribution >= 0.6 is 0 Å². The van der Waals surface area contributed by atoms with Crippen molar-refractivity contribution in [3.63, 3.8) is 0 Å². The Morgan fingerprint density at radius 2 is 1.93 bits per heavy atom. The maximum Gasteiger partial charge on any atom is 0.255 e. The van der Waals surface area contributed by atoms with Gasteiger partial charge in [0.1, 0.15) is 5.82 Å². The van der Waals surface area contributed by atoms with Gasteiger partial charge in [0, 0.05) is 39.1 Å². The lowest BCUT2D eigenvalue weighted by molar-refractivity contribution is 0.0581. The van der Waals surface area contributed by atoms with Crippen LogP contribution in [-0.4, -0.2) is 46.9 Å². The van der Waals surface area contributed by atoms with Crippen molar-refractivity contribution in [2.75, 3.05) is 26.2 Å². The van der Waals surface area contributed by atoms with Crippen molar-refractivity contribution in [2.45, 2.75) is 38.6 Å². The largest absolute Gasteiger partial charge is 0.338 e. The monoisotopic (exact) mass is 393 g/mol. The van der Waals surface area contributed by atoms with Crippen LogP contribution in [0.25, 0.3) is 0 Å². The summed E-state index contributed by atoms with van der Waals surface area (Å²) in [6.07, 6.45) is 6.88. The summed E-state index contributed by atoms with van der Waals surface area (Å²) >= 11 is 0. The van der Waals surface area contributed by atoms with Crippen molar-refractivity contribution in [2.24, 2.45) is 11.8 Å². The Morgan fingerprint density at radius 3 is 2.72 bits per heavy atom. The van der Waals surface area contributed by atoms with E-state index in [0.29, 0.717) is 23.9 Å². The molecule has 2 aliphatic heterocycles. The third-order valence-corrected chi connectivity index (χ3v) is 7.05. The average Bonchev–Trinajstić information content (AvgIpc) is 2.69. The highest BCUT2D eigenvalue weighted by molar-refractivity contribution is 5.96. The summed E-state index contributed by atoms with van der Waals surface area (Å²) < 4.78 is 13.6. The molecule has 3 aliphatic rings. The fraction of sp³-hybridized carbons (Fsp3) is 0.500. The number of fused-ring (bicyclic) bond motifs is 2. The molecule has 1 aromatic carbocycles. The second-order valence-electron chi connectivity index (χ2n) is 8.85. The molecule has 0 saturated heterocycles. The van der Waals surface area contributed by atoms with Crippen molar-refractivity contribution >= 4 is 5.91 Å². The Balaban J connectivity index is 1.29. The molecule has 5 rings (SSSR count). The normalized spacial score (nSPS) is 20.7. The lowest BCUT2D eigenvalue weighted by Gasteiger charge is -2.41. The Kier molecular flexibility index (Phi) is 5.08. The number of aromatic nitrogens is 1. The van der Waals surface area contributed by atoms with Crippen molar-refractivity contribution < 1.29 is 9.18 Å². The highest BCUT2D eigenvalue weighted by Gasteiger charge is 2.34. The Bertz CT molecular complexity index is 911. The van der Waals surface area contributed by atoms with E-state index < -0.39 is 5.82 Å². The summed E-state index contributed by atoms with van der Waals surface area (Å²) in [5.41, 5.74) is 4.10. The van der Waals surface area contributed by atoms with E-state index in [9.17, 15) is 9.18 Å². The first-order valence-electron chi connectivity index (χ1n) is 10.9. The molecule has 1 saturated carbocycles. The summed E-state index contributed by atoms with van der Waals surface area (Å²) in [6.45, 7) is 4.60. The quantitative estimate of drug-likeness (QED) is 0.777. The maximum atomic E-state index is 13.6. The van der Waals surface area contributed by atoms with Crippen molar-refractivity contribution in [1.82, 2.24) is 14.8 Å². The molecule has 1 amide bonds. The molecule has 4 nitrogen and oxygen atoms in total. The molecule has 3 heterocycles. The van der Waals surface area contributed by atoms with E-state index in [1.165, 1.54) is 42.7 Å². The molecule has 0 bridgehead atoms. The van der Waals surface area contributed by atoms with Gasteiger partial charge in [-0.15, -0.1) is 0 Å². The van der Waals surface area contributed by atoms with Gasteiger partial charge in [-0.25, -0.2) is 4.39 Å². The molecule has 2 aromatic rings. The van der Waals surface area contributed by atoms with E-state index >= 15 is 0 Å². The van der Waals surface area contributed by atoms with Crippen molar-refractivity contribution in [1.29, 1.82) is 0 Å². The molecule has 1 aliphatic carbocycles. The number of pyridine rings is 1. The van der Waals surface area contributed by atoms with Crippen LogP contribution in [0, 0.1) is 17.7 Å². The number of hydrogen-bond donors (Lipinski definition) is 0. The van der Waals surface area contributed by atoms with Gasteiger partial charge in [0.15, 0.2) is 0 Å². The topological polar surface area (TPSA) is 36.4 Å². The molecule has 1 atom stereocenters. The highest BCUT2D eigenvalue weighted by atomic mass is 19.1. The second kappa shape index (κ2) is 7.86. The Hall–Kier alpha value is -2.27. The molecular formula is C24H28FN3O. The van der Waals surface area contributed by atoms with E-state index in [4.69, 9.17) is 0 Å². The van der Waals surface area contributed by atoms with Gasteiger partial charge < -0.3 is 4.90 Å². The molecule has 1 fully saturated rings.